The van der Waals surface area contributed by atoms with Crippen LogP contribution in [0.4, 0.5) is 5.13 Å². The Morgan fingerprint density at radius 3 is 2.45 bits per heavy atom. The number of aliphatic hydroxyl groups excluding tert-OH is 1. The zero-order valence-corrected chi connectivity index (χ0v) is 23.1. The number of Topliss-reactive ketones (excluding diaryl/α,β-unsaturated/α-hetero) is 1. The number of benzene rings is 3. The standard InChI is InChI=1S/C30H27ClN2O4S/c1-5-37-19-14-15-21(31)20(16-19)26(34)24-25(17-10-12-18(13-11-17)30(2,3)4)33(28(36)27(24)35)29-32-22-8-6-7-9-23(22)38-29/h6-16,25,34H,5H2,1-4H3/b26-24+. The Morgan fingerprint density at radius 2 is 1.79 bits per heavy atom. The van der Waals surface area contributed by atoms with Crippen molar-refractivity contribution in [2.75, 3.05) is 11.5 Å². The van der Waals surface area contributed by atoms with Crippen molar-refractivity contribution in [2.45, 2.75) is 39.2 Å². The van der Waals surface area contributed by atoms with Crippen molar-refractivity contribution in [3.05, 3.63) is 94.0 Å². The summed E-state index contributed by atoms with van der Waals surface area (Å²) >= 11 is 7.77. The molecule has 1 N–H and O–H groups in total. The minimum atomic E-state index is -0.892. The molecule has 8 heteroatoms. The SMILES string of the molecule is CCOc1ccc(Cl)c(/C(O)=C2\C(=O)C(=O)N(c3nc4ccccc4s3)C2c2ccc(C(C)(C)C)cc2)c1. The highest BCUT2D eigenvalue weighted by atomic mass is 35.5. The fourth-order valence-corrected chi connectivity index (χ4v) is 5.76. The maximum Gasteiger partial charge on any atom is 0.301 e. The van der Waals surface area contributed by atoms with Crippen LogP contribution in [0, 0.1) is 0 Å². The number of nitrogens with zero attached hydrogens (tertiary/aromatic N) is 2. The van der Waals surface area contributed by atoms with Crippen LogP contribution in [0.2, 0.25) is 5.02 Å². The molecule has 2 heterocycles. The number of halogens is 1. The van der Waals surface area contributed by atoms with Gasteiger partial charge in [-0.15, -0.1) is 0 Å². The summed E-state index contributed by atoms with van der Waals surface area (Å²) in [7, 11) is 0. The minimum Gasteiger partial charge on any atom is -0.507 e. The molecule has 0 bridgehead atoms. The van der Waals surface area contributed by atoms with E-state index in [9.17, 15) is 14.7 Å². The number of rotatable bonds is 5. The van der Waals surface area contributed by atoms with E-state index in [1.807, 2.05) is 55.5 Å². The fourth-order valence-electron chi connectivity index (χ4n) is 4.56. The number of ketones is 1. The van der Waals surface area contributed by atoms with E-state index < -0.39 is 17.7 Å². The number of carbonyl (C=O) groups excluding carboxylic acids is 2. The Morgan fingerprint density at radius 1 is 1.08 bits per heavy atom. The summed E-state index contributed by atoms with van der Waals surface area (Å²) in [5, 5.41) is 12.1. The molecule has 0 radical (unpaired) electrons. The summed E-state index contributed by atoms with van der Waals surface area (Å²) in [5.74, 6) is -1.43. The van der Waals surface area contributed by atoms with Crippen molar-refractivity contribution in [1.82, 2.24) is 4.98 Å². The number of aromatic nitrogens is 1. The first-order valence-corrected chi connectivity index (χ1v) is 13.5. The van der Waals surface area contributed by atoms with Gasteiger partial charge in [0.15, 0.2) is 5.13 Å². The second-order valence-corrected chi connectivity index (χ2v) is 11.5. The summed E-state index contributed by atoms with van der Waals surface area (Å²) in [6.07, 6.45) is 0. The number of aliphatic hydroxyl groups is 1. The normalized spacial score (nSPS) is 17.4. The van der Waals surface area contributed by atoms with Crippen LogP contribution in [0.1, 0.15) is 50.4 Å². The van der Waals surface area contributed by atoms with Gasteiger partial charge in [0.05, 0.1) is 33.5 Å². The molecule has 3 aromatic carbocycles. The van der Waals surface area contributed by atoms with Crippen LogP contribution in [-0.2, 0) is 15.0 Å². The molecule has 1 amide bonds. The largest absolute Gasteiger partial charge is 0.507 e. The van der Waals surface area contributed by atoms with Crippen molar-refractivity contribution in [3.63, 3.8) is 0 Å². The molecule has 1 saturated heterocycles. The molecule has 4 aromatic rings. The Kier molecular flexibility index (Phi) is 6.75. The van der Waals surface area contributed by atoms with Gasteiger partial charge in [-0.3, -0.25) is 14.5 Å². The van der Waals surface area contributed by atoms with Crippen LogP contribution in [0.3, 0.4) is 0 Å². The summed E-state index contributed by atoms with van der Waals surface area (Å²) in [6.45, 7) is 8.61. The molecule has 1 aliphatic heterocycles. The van der Waals surface area contributed by atoms with E-state index in [4.69, 9.17) is 16.3 Å². The third kappa shape index (κ3) is 4.57. The summed E-state index contributed by atoms with van der Waals surface area (Å²) in [6, 6.07) is 19.3. The lowest BCUT2D eigenvalue weighted by atomic mass is 9.85. The van der Waals surface area contributed by atoms with Gasteiger partial charge in [-0.1, -0.05) is 80.1 Å². The zero-order valence-electron chi connectivity index (χ0n) is 21.5. The van der Waals surface area contributed by atoms with Gasteiger partial charge in [-0.2, -0.15) is 0 Å². The molecule has 5 rings (SSSR count). The van der Waals surface area contributed by atoms with Gasteiger partial charge < -0.3 is 9.84 Å². The predicted octanol–water partition coefficient (Wildman–Crippen LogP) is 7.27. The number of para-hydroxylation sites is 1. The Labute approximate surface area is 230 Å². The average molecular weight is 547 g/mol. The molecule has 38 heavy (non-hydrogen) atoms. The van der Waals surface area contributed by atoms with E-state index in [0.29, 0.717) is 23.1 Å². The van der Waals surface area contributed by atoms with Gasteiger partial charge in [0.25, 0.3) is 5.78 Å². The number of thiazole rings is 1. The number of hydrogen-bond donors (Lipinski definition) is 1. The Bertz CT molecular complexity index is 1550. The number of anilines is 1. The maximum atomic E-state index is 13.5. The fraction of sp³-hybridized carbons (Fsp3) is 0.233. The summed E-state index contributed by atoms with van der Waals surface area (Å²) in [5.41, 5.74) is 2.59. The monoisotopic (exact) mass is 546 g/mol. The number of fused-ring (bicyclic) bond motifs is 1. The van der Waals surface area contributed by atoms with E-state index in [1.165, 1.54) is 16.2 Å². The summed E-state index contributed by atoms with van der Waals surface area (Å²) in [4.78, 5) is 33.1. The minimum absolute atomic E-state index is 0.0479. The molecule has 0 saturated carbocycles. The molecule has 1 fully saturated rings. The van der Waals surface area contributed by atoms with E-state index in [-0.39, 0.29) is 27.3 Å². The lowest BCUT2D eigenvalue weighted by Gasteiger charge is -2.25. The Balaban J connectivity index is 1.73. The van der Waals surface area contributed by atoms with Crippen LogP contribution in [-0.4, -0.2) is 28.4 Å². The molecule has 1 atom stereocenters. The number of carbonyl (C=O) groups is 2. The lowest BCUT2D eigenvalue weighted by Crippen LogP contribution is -2.29. The molecule has 194 valence electrons. The molecule has 6 nitrogen and oxygen atoms in total. The van der Waals surface area contributed by atoms with Crippen molar-refractivity contribution in [2.24, 2.45) is 0 Å². The maximum absolute atomic E-state index is 13.5. The van der Waals surface area contributed by atoms with Crippen molar-refractivity contribution < 1.29 is 19.4 Å². The van der Waals surface area contributed by atoms with Crippen LogP contribution in [0.5, 0.6) is 5.75 Å². The first kappa shape index (κ1) is 25.9. The predicted molar refractivity (Wildman–Crippen MR) is 152 cm³/mol. The highest BCUT2D eigenvalue weighted by Crippen LogP contribution is 2.45. The molecule has 0 aliphatic carbocycles. The molecular weight excluding hydrogens is 520 g/mol. The lowest BCUT2D eigenvalue weighted by molar-refractivity contribution is -0.132. The highest BCUT2D eigenvalue weighted by Gasteiger charge is 2.48. The van der Waals surface area contributed by atoms with Gasteiger partial charge in [0, 0.05) is 5.56 Å². The molecular formula is C30H27ClN2O4S. The quantitative estimate of drug-likeness (QED) is 0.162. The van der Waals surface area contributed by atoms with Gasteiger partial charge in [-0.05, 0) is 53.8 Å². The van der Waals surface area contributed by atoms with Gasteiger partial charge in [-0.25, -0.2) is 4.98 Å². The number of amides is 1. The van der Waals surface area contributed by atoms with E-state index in [0.717, 1.165) is 15.8 Å². The molecule has 1 aromatic heterocycles. The average Bonchev–Trinajstić information content (AvgIpc) is 3.43. The third-order valence-electron chi connectivity index (χ3n) is 6.53. The molecule has 1 unspecified atom stereocenters. The Hall–Kier alpha value is -3.68. The first-order valence-electron chi connectivity index (χ1n) is 12.3. The topological polar surface area (TPSA) is 79.7 Å². The van der Waals surface area contributed by atoms with Gasteiger partial charge >= 0.3 is 5.91 Å². The first-order chi connectivity index (χ1) is 18.1. The van der Waals surface area contributed by atoms with Crippen LogP contribution in [0.25, 0.3) is 16.0 Å². The smallest absolute Gasteiger partial charge is 0.301 e. The second kappa shape index (κ2) is 9.89. The van der Waals surface area contributed by atoms with Crippen molar-refractivity contribution >= 4 is 55.7 Å². The van der Waals surface area contributed by atoms with Crippen LogP contribution in [0.15, 0.2) is 72.3 Å². The molecule has 0 spiro atoms. The number of ether oxygens (including phenoxy) is 1. The van der Waals surface area contributed by atoms with E-state index in [2.05, 4.69) is 25.8 Å². The van der Waals surface area contributed by atoms with Crippen LogP contribution < -0.4 is 9.64 Å². The van der Waals surface area contributed by atoms with E-state index in [1.54, 1.807) is 18.2 Å². The van der Waals surface area contributed by atoms with Crippen molar-refractivity contribution in [3.8, 4) is 5.75 Å². The highest BCUT2D eigenvalue weighted by molar-refractivity contribution is 7.22. The third-order valence-corrected chi connectivity index (χ3v) is 7.89. The van der Waals surface area contributed by atoms with E-state index >= 15 is 0 Å². The van der Waals surface area contributed by atoms with Gasteiger partial charge in [0.1, 0.15) is 11.5 Å². The number of hydrogen-bond acceptors (Lipinski definition) is 6. The molecule has 1 aliphatic rings. The summed E-state index contributed by atoms with van der Waals surface area (Å²) < 4.78 is 6.47. The zero-order chi connectivity index (χ0) is 27.2. The van der Waals surface area contributed by atoms with Crippen LogP contribution >= 0.6 is 22.9 Å². The van der Waals surface area contributed by atoms with Gasteiger partial charge in [0.2, 0.25) is 0 Å². The van der Waals surface area contributed by atoms with Crippen molar-refractivity contribution in [1.29, 1.82) is 0 Å². The second-order valence-electron chi connectivity index (χ2n) is 10.1.